The van der Waals surface area contributed by atoms with Crippen molar-refractivity contribution >= 4 is 17.7 Å². The highest BCUT2D eigenvalue weighted by molar-refractivity contribution is 5.82. The van der Waals surface area contributed by atoms with Crippen LogP contribution in [0.3, 0.4) is 0 Å². The Balaban J connectivity index is 1.78. The Morgan fingerprint density at radius 2 is 2.10 bits per heavy atom. The van der Waals surface area contributed by atoms with Crippen molar-refractivity contribution in [1.82, 2.24) is 4.90 Å². The van der Waals surface area contributed by atoms with E-state index in [2.05, 4.69) is 0 Å². The molecule has 1 aliphatic rings. The number of rotatable bonds is 5. The van der Waals surface area contributed by atoms with Gasteiger partial charge in [-0.1, -0.05) is 0 Å². The predicted octanol–water partition coefficient (Wildman–Crippen LogP) is 1.83. The molecule has 21 heavy (non-hydrogen) atoms. The molecule has 0 N–H and O–H groups in total. The number of ether oxygens (including phenoxy) is 2. The van der Waals surface area contributed by atoms with Crippen molar-refractivity contribution in [3.05, 3.63) is 39.9 Å². The van der Waals surface area contributed by atoms with Gasteiger partial charge in [-0.15, -0.1) is 0 Å². The molecule has 112 valence electrons. The molecular formula is C13H14N2O6. The van der Waals surface area contributed by atoms with E-state index in [1.807, 2.05) is 0 Å². The van der Waals surface area contributed by atoms with Crippen LogP contribution in [0.15, 0.2) is 24.3 Å². The lowest BCUT2D eigenvalue weighted by molar-refractivity contribution is -0.384. The fraction of sp³-hybridized carbons (Fsp3) is 0.385. The van der Waals surface area contributed by atoms with Crippen LogP contribution in [0.1, 0.15) is 18.9 Å². The predicted molar refractivity (Wildman–Crippen MR) is 70.2 cm³/mol. The number of nitro benzene ring substituents is 1. The highest BCUT2D eigenvalue weighted by Gasteiger charge is 2.30. The smallest absolute Gasteiger partial charge is 0.429 e. The Morgan fingerprint density at radius 1 is 1.43 bits per heavy atom. The minimum atomic E-state index is -0.888. The number of benzene rings is 1. The number of likely N-dealkylation sites (tertiary alicyclic amines) is 1. The first-order valence-corrected chi connectivity index (χ1v) is 6.33. The first-order valence-electron chi connectivity index (χ1n) is 6.33. The number of amides is 1. The number of β-lactam (4-membered cyclic amide) rings is 1. The van der Waals surface area contributed by atoms with Crippen LogP contribution in [-0.4, -0.2) is 34.7 Å². The third-order valence-electron chi connectivity index (χ3n) is 3.10. The number of nitro groups is 1. The van der Waals surface area contributed by atoms with Crippen LogP contribution in [0.25, 0.3) is 0 Å². The van der Waals surface area contributed by atoms with E-state index in [0.29, 0.717) is 18.5 Å². The van der Waals surface area contributed by atoms with Crippen LogP contribution in [0.4, 0.5) is 10.5 Å². The molecule has 2 rings (SSSR count). The van der Waals surface area contributed by atoms with E-state index < -0.39 is 17.3 Å². The number of hydrogen-bond donors (Lipinski definition) is 0. The molecule has 0 bridgehead atoms. The van der Waals surface area contributed by atoms with Gasteiger partial charge in [-0.3, -0.25) is 14.9 Å². The number of non-ortho nitro benzene ring substituents is 1. The molecule has 1 fully saturated rings. The Bertz CT molecular complexity index is 556. The molecule has 1 heterocycles. The van der Waals surface area contributed by atoms with Crippen molar-refractivity contribution in [3.8, 4) is 0 Å². The quantitative estimate of drug-likeness (QED) is 0.355. The lowest BCUT2D eigenvalue weighted by Gasteiger charge is -2.34. The highest BCUT2D eigenvalue weighted by Crippen LogP contribution is 2.15. The first-order chi connectivity index (χ1) is 9.97. The van der Waals surface area contributed by atoms with Gasteiger partial charge in [0.25, 0.3) is 5.69 Å². The van der Waals surface area contributed by atoms with Gasteiger partial charge < -0.3 is 14.4 Å². The largest absolute Gasteiger partial charge is 0.510 e. The Hall–Kier alpha value is -2.64. The summed E-state index contributed by atoms with van der Waals surface area (Å²) >= 11 is 0. The molecule has 1 unspecified atom stereocenters. The molecule has 1 amide bonds. The number of carbonyl (C=O) groups excluding carboxylic acids is 2. The molecule has 0 saturated carbocycles. The molecule has 1 aromatic rings. The molecule has 8 heteroatoms. The van der Waals surface area contributed by atoms with Crippen molar-refractivity contribution < 1.29 is 24.0 Å². The van der Waals surface area contributed by atoms with Crippen molar-refractivity contribution in [2.24, 2.45) is 0 Å². The standard InChI is InChI=1S/C13H14N2O6/c1-9(14-7-6-12(14)16)21-13(17)20-8-10-2-4-11(5-3-10)15(18)19/h2-5,9H,6-8H2,1H3. The summed E-state index contributed by atoms with van der Waals surface area (Å²) in [6, 6.07) is 5.64. The van der Waals surface area contributed by atoms with Crippen LogP contribution in [0.5, 0.6) is 0 Å². The Kier molecular flexibility index (Phi) is 4.36. The topological polar surface area (TPSA) is 99.0 Å². The summed E-state index contributed by atoms with van der Waals surface area (Å²) in [5.41, 5.74) is 0.566. The zero-order chi connectivity index (χ0) is 15.4. The molecule has 0 spiro atoms. The summed E-state index contributed by atoms with van der Waals surface area (Å²) in [5, 5.41) is 10.5. The van der Waals surface area contributed by atoms with Crippen LogP contribution < -0.4 is 0 Å². The van der Waals surface area contributed by atoms with Gasteiger partial charge in [0.2, 0.25) is 5.91 Å². The fourth-order valence-electron chi connectivity index (χ4n) is 1.81. The van der Waals surface area contributed by atoms with Gasteiger partial charge in [0, 0.05) is 25.1 Å². The first kappa shape index (κ1) is 14.8. The molecule has 1 saturated heterocycles. The fourth-order valence-corrected chi connectivity index (χ4v) is 1.81. The van der Waals surface area contributed by atoms with Gasteiger partial charge in [-0.25, -0.2) is 4.79 Å². The SMILES string of the molecule is CC(OC(=O)OCc1ccc([N+](=O)[O-])cc1)N1CCC1=O. The second-order valence-electron chi connectivity index (χ2n) is 4.52. The highest BCUT2D eigenvalue weighted by atomic mass is 16.7. The summed E-state index contributed by atoms with van der Waals surface area (Å²) in [7, 11) is 0. The van der Waals surface area contributed by atoms with Crippen molar-refractivity contribution in [1.29, 1.82) is 0 Å². The number of hydrogen-bond acceptors (Lipinski definition) is 6. The number of nitrogens with zero attached hydrogens (tertiary/aromatic N) is 2. The van der Waals surface area contributed by atoms with Crippen LogP contribution in [0, 0.1) is 10.1 Å². The van der Waals surface area contributed by atoms with Gasteiger partial charge >= 0.3 is 6.16 Å². The maximum absolute atomic E-state index is 11.5. The monoisotopic (exact) mass is 294 g/mol. The van der Waals surface area contributed by atoms with E-state index in [1.54, 1.807) is 6.92 Å². The molecule has 1 aromatic carbocycles. The maximum Gasteiger partial charge on any atom is 0.510 e. The summed E-state index contributed by atoms with van der Waals surface area (Å²) < 4.78 is 9.83. The lowest BCUT2D eigenvalue weighted by Crippen LogP contribution is -2.50. The lowest BCUT2D eigenvalue weighted by atomic mass is 10.2. The van der Waals surface area contributed by atoms with Gasteiger partial charge in [0.1, 0.15) is 6.61 Å². The van der Waals surface area contributed by atoms with Gasteiger partial charge in [0.05, 0.1) is 4.92 Å². The average molecular weight is 294 g/mol. The van der Waals surface area contributed by atoms with Gasteiger partial charge in [-0.05, 0) is 24.6 Å². The van der Waals surface area contributed by atoms with Crippen LogP contribution in [-0.2, 0) is 20.9 Å². The second-order valence-corrected chi connectivity index (χ2v) is 4.52. The number of carbonyl (C=O) groups is 2. The van der Waals surface area contributed by atoms with Crippen molar-refractivity contribution in [2.75, 3.05) is 6.54 Å². The normalized spacial score (nSPS) is 15.1. The van der Waals surface area contributed by atoms with Crippen molar-refractivity contribution in [3.63, 3.8) is 0 Å². The van der Waals surface area contributed by atoms with Crippen LogP contribution in [0.2, 0.25) is 0 Å². The average Bonchev–Trinajstić information content (AvgIpc) is 2.43. The third-order valence-corrected chi connectivity index (χ3v) is 3.10. The van der Waals surface area contributed by atoms with E-state index in [0.717, 1.165) is 0 Å². The van der Waals surface area contributed by atoms with Crippen LogP contribution >= 0.6 is 0 Å². The van der Waals surface area contributed by atoms with Gasteiger partial charge in [-0.2, -0.15) is 0 Å². The minimum Gasteiger partial charge on any atom is -0.429 e. The summed E-state index contributed by atoms with van der Waals surface area (Å²) in [6.07, 6.45) is -1.08. The van der Waals surface area contributed by atoms with E-state index >= 15 is 0 Å². The summed E-state index contributed by atoms with van der Waals surface area (Å²) in [6.45, 7) is 2.09. The second kappa shape index (κ2) is 6.21. The Labute approximate surface area is 120 Å². The zero-order valence-electron chi connectivity index (χ0n) is 11.4. The van der Waals surface area contributed by atoms with E-state index in [1.165, 1.54) is 29.2 Å². The Morgan fingerprint density at radius 3 is 2.57 bits per heavy atom. The van der Waals surface area contributed by atoms with Crippen molar-refractivity contribution in [2.45, 2.75) is 26.2 Å². The minimum absolute atomic E-state index is 0.0359. The van der Waals surface area contributed by atoms with E-state index in [9.17, 15) is 19.7 Å². The summed E-state index contributed by atoms with van der Waals surface area (Å²) in [4.78, 5) is 34.0. The molecule has 8 nitrogen and oxygen atoms in total. The van der Waals surface area contributed by atoms with E-state index in [4.69, 9.17) is 9.47 Å². The molecule has 1 atom stereocenters. The maximum atomic E-state index is 11.5. The molecule has 0 aromatic heterocycles. The zero-order valence-corrected chi connectivity index (χ0v) is 11.4. The van der Waals surface area contributed by atoms with Gasteiger partial charge in [0.15, 0.2) is 6.23 Å². The van der Waals surface area contributed by atoms with E-state index in [-0.39, 0.29) is 18.2 Å². The summed E-state index contributed by atoms with van der Waals surface area (Å²) in [5.74, 6) is -0.0642. The molecular weight excluding hydrogens is 280 g/mol. The molecule has 1 aliphatic heterocycles. The molecule has 0 radical (unpaired) electrons. The third kappa shape index (κ3) is 3.68. The molecule has 0 aliphatic carbocycles.